The molecule has 0 spiro atoms. The van der Waals surface area contributed by atoms with E-state index >= 15 is 4.39 Å². The number of nitrogens with zero attached hydrogens (tertiary/aromatic N) is 22. The van der Waals surface area contributed by atoms with Gasteiger partial charge in [0, 0.05) is 90.5 Å². The van der Waals surface area contributed by atoms with Gasteiger partial charge in [0.05, 0.1) is 109 Å². The lowest BCUT2D eigenvalue weighted by Gasteiger charge is -2.39. The highest BCUT2D eigenvalue weighted by Gasteiger charge is 2.44. The number of hydrogen-bond donors (Lipinski definition) is 1. The third kappa shape index (κ3) is 26.4. The fourth-order valence-electron chi connectivity index (χ4n) is 17.6. The molecule has 5 unspecified atom stereocenters. The molecule has 0 bridgehead atoms. The van der Waals surface area contributed by atoms with Crippen LogP contribution < -0.4 is 20.0 Å². The highest BCUT2D eigenvalue weighted by atomic mass is 19.1. The summed E-state index contributed by atoms with van der Waals surface area (Å²) in [5, 5.41) is 42.0. The number of piperidine rings is 2. The van der Waals surface area contributed by atoms with E-state index in [0.29, 0.717) is 82.8 Å². The van der Waals surface area contributed by atoms with Gasteiger partial charge in [0.1, 0.15) is 43.9 Å². The number of carbonyl (C=O) groups excluding carboxylic acids is 5. The van der Waals surface area contributed by atoms with Crippen molar-refractivity contribution in [3.05, 3.63) is 312 Å². The minimum Gasteiger partial charge on any atom is -0.461 e. The number of piperazine rings is 3. The zero-order valence-electron chi connectivity index (χ0n) is 81.5. The van der Waals surface area contributed by atoms with Crippen LogP contribution in [0.2, 0.25) is 0 Å². The molecule has 5 fully saturated rings. The molecule has 0 radical (unpaired) electrons. The van der Waals surface area contributed by atoms with Crippen molar-refractivity contribution in [2.45, 2.75) is 107 Å². The molecule has 5 aromatic heterocycles. The van der Waals surface area contributed by atoms with Crippen molar-refractivity contribution in [3.63, 3.8) is 0 Å². The van der Waals surface area contributed by atoms with Crippen molar-refractivity contribution < 1.29 is 47.3 Å². The molecule has 734 valence electrons. The Labute approximate surface area is 836 Å². The first-order chi connectivity index (χ1) is 70.0. The summed E-state index contributed by atoms with van der Waals surface area (Å²) in [4.78, 5) is 127. The van der Waals surface area contributed by atoms with Crippen LogP contribution in [0.15, 0.2) is 255 Å². The summed E-state index contributed by atoms with van der Waals surface area (Å²) < 4.78 is 37.9. The van der Waals surface area contributed by atoms with Crippen molar-refractivity contribution in [2.24, 2.45) is 0 Å². The van der Waals surface area contributed by atoms with Gasteiger partial charge in [-0.15, -0.1) is 0 Å². The van der Waals surface area contributed by atoms with Crippen LogP contribution in [0.25, 0.3) is 55.2 Å². The van der Waals surface area contributed by atoms with Gasteiger partial charge in [-0.1, -0.05) is 189 Å². The molecule has 10 heterocycles. The molecule has 5 atom stereocenters. The van der Waals surface area contributed by atoms with Crippen molar-refractivity contribution in [3.8, 4) is 24.3 Å². The first-order valence-electron chi connectivity index (χ1n) is 48.1. The standard InChI is InChI=1S/C24H23FN4O2.C24H25N5O2.C24H24N4O2.C23H23N5O2.C16H19N5O/c1-29-13-11-24(25,12-14-29)22-21(27-19-9-5-6-10-20(19)28-22)18(15-26)23(30)31-16-17-7-3-2-4-8-17;1-17-15-28(2)12-13-29(17)23-22(26-20-10-6-7-11-21(20)27-23)19(14-25)24(30)31-16-18-8-4-3-5-9-18;1-28-13-11-18(12-14-28)22-23(27-21-10-6-5-9-20(21)26-22)19(15-25)24(29)30-16-17-7-3-2-4-8-17;1-27-11-12-28(18(14-24)15-27)23-21(25-19-9-5-6-10-20(19)26-23)13-22(29)30-16-17-7-3-2-4-8-17;1-3-14(22)19-15-16(21-10-8-20(2)9-11-21)18-13-7-5-4-6-12(13)17-15/h2-10,18H,11-14,16H2,1H3;3-11,17,19H,12-13,15-16H2,1-2H3;2-10,18-19H,11-14,16H2,1H3;2-10,18H,11-13,15-16H2,1H3;3-7H,1,8-11H2,2H3,(H,17,19,22). The van der Waals surface area contributed by atoms with Gasteiger partial charge in [-0.05, 0) is 170 Å². The zero-order valence-corrected chi connectivity index (χ0v) is 81.5. The van der Waals surface area contributed by atoms with Gasteiger partial charge in [0.2, 0.25) is 5.91 Å². The predicted molar refractivity (Wildman–Crippen MR) is 547 cm³/mol. The summed E-state index contributed by atoms with van der Waals surface area (Å²) >= 11 is 0. The van der Waals surface area contributed by atoms with E-state index in [9.17, 15) is 45.0 Å². The molecule has 5 aliphatic rings. The Morgan fingerprint density at radius 2 is 0.764 bits per heavy atom. The second kappa shape index (κ2) is 49.3. The third-order valence-electron chi connectivity index (χ3n) is 25.8. The van der Waals surface area contributed by atoms with E-state index in [1.165, 1.54) is 6.08 Å². The number of nitriles is 4. The van der Waals surface area contributed by atoms with E-state index in [0.717, 1.165) is 145 Å². The summed E-state index contributed by atoms with van der Waals surface area (Å²) in [5.41, 5.74) is 10.9. The van der Waals surface area contributed by atoms with Gasteiger partial charge in [-0.3, -0.25) is 24.0 Å². The van der Waals surface area contributed by atoms with Crippen molar-refractivity contribution in [1.82, 2.24) is 74.3 Å². The van der Waals surface area contributed by atoms with Crippen LogP contribution in [-0.2, 0) is 81.4 Å². The molecular weight excluding hydrogens is 1820 g/mol. The summed E-state index contributed by atoms with van der Waals surface area (Å²) in [6.45, 7) is 17.3. The molecule has 5 saturated heterocycles. The number of aromatic nitrogens is 10. The van der Waals surface area contributed by atoms with Gasteiger partial charge in [0.15, 0.2) is 46.7 Å². The number of nitrogens with one attached hydrogen (secondary N) is 1. The number of carbonyl (C=O) groups is 5. The average Bonchev–Trinajstić information content (AvgIpc) is 0.759. The molecule has 0 aliphatic carbocycles. The molecule has 14 aromatic rings. The molecule has 1 N–H and O–H groups in total. The predicted octanol–water partition coefficient (Wildman–Crippen LogP) is 14.8. The normalized spacial score (nSPS) is 16.8. The number of fused-ring (bicyclic) bond motifs is 5. The number of likely N-dealkylation sites (N-methyl/N-ethyl adjacent to an activating group) is 3. The molecule has 32 nitrogen and oxygen atoms in total. The molecule has 0 saturated carbocycles. The number of para-hydroxylation sites is 10. The van der Waals surface area contributed by atoms with Crippen LogP contribution in [0.3, 0.4) is 0 Å². The monoisotopic (exact) mass is 1930 g/mol. The van der Waals surface area contributed by atoms with E-state index < -0.39 is 41.3 Å². The van der Waals surface area contributed by atoms with Crippen LogP contribution in [-0.4, -0.2) is 243 Å². The lowest BCUT2D eigenvalue weighted by molar-refractivity contribution is -0.146. The first kappa shape index (κ1) is 102. The molecular formula is C111H114FN23O9. The largest absolute Gasteiger partial charge is 0.461 e. The summed E-state index contributed by atoms with van der Waals surface area (Å²) in [7, 11) is 10.2. The van der Waals surface area contributed by atoms with Gasteiger partial charge in [0.25, 0.3) is 0 Å². The minimum atomic E-state index is -1.76. The van der Waals surface area contributed by atoms with Crippen molar-refractivity contribution >= 4 is 108 Å². The number of halogens is 1. The van der Waals surface area contributed by atoms with Crippen molar-refractivity contribution in [2.75, 3.05) is 147 Å². The molecule has 1 amide bonds. The third-order valence-corrected chi connectivity index (χ3v) is 25.8. The van der Waals surface area contributed by atoms with E-state index in [1.807, 2.05) is 248 Å². The Balaban J connectivity index is 0.000000136. The molecule has 19 rings (SSSR count). The van der Waals surface area contributed by atoms with Crippen LogP contribution in [0, 0.1) is 45.3 Å². The maximum atomic E-state index is 16.1. The Bertz CT molecular complexity index is 7010. The van der Waals surface area contributed by atoms with E-state index in [-0.39, 0.29) is 87.0 Å². The average molecular weight is 1930 g/mol. The summed E-state index contributed by atoms with van der Waals surface area (Å²) in [6, 6.07) is 83.4. The number of benzene rings is 9. The zero-order chi connectivity index (χ0) is 101. The maximum Gasteiger partial charge on any atom is 0.330 e. The topological polar surface area (TPSA) is 384 Å². The molecule has 5 aliphatic heterocycles. The van der Waals surface area contributed by atoms with E-state index in [1.54, 1.807) is 24.3 Å². The summed E-state index contributed by atoms with van der Waals surface area (Å²) in [5.74, 6) is -3.64. The quantitative estimate of drug-likeness (QED) is 0.0353. The SMILES string of the molecule is C=CC(=O)Nc1nc2ccccc2nc1N1CCN(C)CC1.CC1CN(C)CCN1c1nc2ccccc2nc1C(C#N)C(=O)OCc1ccccc1.CN1CCC(F)(c2nc3ccccc3nc2C(C#N)C(=O)OCc2ccccc2)CC1.CN1CCC(c2nc3ccccc3nc2C(C#N)C(=O)OCc2ccccc2)CC1.CN1CCN(c2nc3ccccc3nc2CC(=O)OCc2ccccc2)C(C#N)C1. The first-order valence-corrected chi connectivity index (χ1v) is 48.1. The number of ether oxygens (including phenoxy) is 4. The van der Waals surface area contributed by atoms with Gasteiger partial charge < -0.3 is 63.5 Å². The Kier molecular flexibility index (Phi) is 35.0. The van der Waals surface area contributed by atoms with E-state index in [4.69, 9.17) is 53.8 Å². The fourth-order valence-corrected chi connectivity index (χ4v) is 17.6. The van der Waals surface area contributed by atoms with Gasteiger partial charge >= 0.3 is 23.9 Å². The van der Waals surface area contributed by atoms with Crippen LogP contribution in [0.1, 0.15) is 113 Å². The number of likely N-dealkylation sites (tertiary alicyclic amines) is 2. The second-order valence-electron chi connectivity index (χ2n) is 36.2. The highest BCUT2D eigenvalue weighted by molar-refractivity contribution is 6.01. The molecule has 9 aromatic carbocycles. The number of rotatable bonds is 23. The Morgan fingerprint density at radius 3 is 1.22 bits per heavy atom. The Hall–Kier alpha value is -16.1. The fraction of sp³-hybridized carbons (Fsp3) is 0.324. The Morgan fingerprint density at radius 1 is 0.403 bits per heavy atom. The maximum absolute atomic E-state index is 16.1. The van der Waals surface area contributed by atoms with Crippen LogP contribution in [0.5, 0.6) is 0 Å². The van der Waals surface area contributed by atoms with Crippen LogP contribution >= 0.6 is 0 Å². The number of esters is 4. The molecule has 144 heavy (non-hydrogen) atoms. The van der Waals surface area contributed by atoms with Crippen LogP contribution in [0.4, 0.5) is 27.7 Å². The second-order valence-corrected chi connectivity index (χ2v) is 36.2. The van der Waals surface area contributed by atoms with E-state index in [2.05, 4.69) is 103 Å². The van der Waals surface area contributed by atoms with Crippen molar-refractivity contribution in [1.29, 1.82) is 21.0 Å². The van der Waals surface area contributed by atoms with Gasteiger partial charge in [-0.25, -0.2) is 54.2 Å². The lowest BCUT2D eigenvalue weighted by Crippen LogP contribution is -2.52. The number of anilines is 4. The number of alkyl halides is 1. The molecule has 33 heteroatoms. The minimum absolute atomic E-state index is 0.00445. The highest BCUT2D eigenvalue weighted by Crippen LogP contribution is 2.42. The lowest BCUT2D eigenvalue weighted by atomic mass is 9.86. The number of amides is 1. The smallest absolute Gasteiger partial charge is 0.330 e. The number of hydrogen-bond acceptors (Lipinski definition) is 31. The summed E-state index contributed by atoms with van der Waals surface area (Å²) in [6.07, 6.45) is 3.54. The van der Waals surface area contributed by atoms with Gasteiger partial charge in [-0.2, -0.15) is 21.0 Å².